The average Bonchev–Trinajstić information content (AvgIpc) is 2.40. The lowest BCUT2D eigenvalue weighted by Gasteiger charge is -2.15. The van der Waals surface area contributed by atoms with Crippen LogP contribution in [-0.2, 0) is 13.0 Å². The van der Waals surface area contributed by atoms with Crippen molar-refractivity contribution < 1.29 is 0 Å². The summed E-state index contributed by atoms with van der Waals surface area (Å²) in [4.78, 5) is 0. The summed E-state index contributed by atoms with van der Waals surface area (Å²) < 4.78 is 0. The molecule has 0 aliphatic rings. The highest BCUT2D eigenvalue weighted by molar-refractivity contribution is 6.30. The molecular formula is C18H22ClN. The Morgan fingerprint density at radius 2 is 1.90 bits per heavy atom. The van der Waals surface area contributed by atoms with Gasteiger partial charge in [0, 0.05) is 17.6 Å². The maximum absolute atomic E-state index is 6.02. The SMILES string of the molecule is Cc1ccc(C)c(CNC(C)Cc2cccc(Cl)c2)c1. The number of hydrogen-bond donors (Lipinski definition) is 1. The van der Waals surface area contributed by atoms with Crippen LogP contribution in [0.3, 0.4) is 0 Å². The van der Waals surface area contributed by atoms with Crippen molar-refractivity contribution in [3.8, 4) is 0 Å². The topological polar surface area (TPSA) is 12.0 Å². The summed E-state index contributed by atoms with van der Waals surface area (Å²) in [6.45, 7) is 7.43. The van der Waals surface area contributed by atoms with Crippen LogP contribution in [0.25, 0.3) is 0 Å². The molecule has 1 nitrogen and oxygen atoms in total. The minimum atomic E-state index is 0.424. The number of hydrogen-bond acceptors (Lipinski definition) is 1. The van der Waals surface area contributed by atoms with Crippen molar-refractivity contribution in [2.75, 3.05) is 0 Å². The molecule has 0 bridgehead atoms. The van der Waals surface area contributed by atoms with E-state index in [1.54, 1.807) is 0 Å². The molecule has 1 atom stereocenters. The predicted octanol–water partition coefficient (Wildman–Crippen LogP) is 4.68. The number of halogens is 1. The van der Waals surface area contributed by atoms with Crippen LogP contribution in [0, 0.1) is 13.8 Å². The molecular weight excluding hydrogens is 266 g/mol. The summed E-state index contributed by atoms with van der Waals surface area (Å²) in [5, 5.41) is 4.40. The van der Waals surface area contributed by atoms with Gasteiger partial charge < -0.3 is 5.32 Å². The molecule has 0 aromatic heterocycles. The molecule has 0 saturated carbocycles. The van der Waals surface area contributed by atoms with E-state index in [1.165, 1.54) is 22.3 Å². The van der Waals surface area contributed by atoms with Crippen LogP contribution in [0.1, 0.15) is 29.2 Å². The van der Waals surface area contributed by atoms with Crippen molar-refractivity contribution in [3.63, 3.8) is 0 Å². The largest absolute Gasteiger partial charge is 0.310 e. The normalized spacial score (nSPS) is 12.4. The Balaban J connectivity index is 1.92. The Kier molecular flexibility index (Phi) is 5.22. The van der Waals surface area contributed by atoms with Gasteiger partial charge in [-0.25, -0.2) is 0 Å². The third kappa shape index (κ3) is 4.36. The first-order chi connectivity index (χ1) is 9.54. The van der Waals surface area contributed by atoms with Gasteiger partial charge in [0.25, 0.3) is 0 Å². The van der Waals surface area contributed by atoms with Crippen LogP contribution in [0.15, 0.2) is 42.5 Å². The van der Waals surface area contributed by atoms with Gasteiger partial charge in [0.2, 0.25) is 0 Å². The molecule has 0 fully saturated rings. The maximum atomic E-state index is 6.02. The third-order valence-corrected chi connectivity index (χ3v) is 3.81. The van der Waals surface area contributed by atoms with Crippen LogP contribution in [0.4, 0.5) is 0 Å². The first kappa shape index (κ1) is 15.1. The minimum absolute atomic E-state index is 0.424. The molecule has 0 saturated heterocycles. The van der Waals surface area contributed by atoms with E-state index in [0.29, 0.717) is 6.04 Å². The van der Waals surface area contributed by atoms with Crippen LogP contribution in [-0.4, -0.2) is 6.04 Å². The van der Waals surface area contributed by atoms with Crippen molar-refractivity contribution in [1.82, 2.24) is 5.32 Å². The first-order valence-corrected chi connectivity index (χ1v) is 7.46. The van der Waals surface area contributed by atoms with E-state index in [0.717, 1.165) is 18.0 Å². The van der Waals surface area contributed by atoms with E-state index in [1.807, 2.05) is 18.2 Å². The molecule has 2 rings (SSSR count). The fourth-order valence-electron chi connectivity index (χ4n) is 2.36. The molecule has 0 amide bonds. The highest BCUT2D eigenvalue weighted by Crippen LogP contribution is 2.13. The van der Waals surface area contributed by atoms with Crippen molar-refractivity contribution in [2.45, 2.75) is 39.8 Å². The number of aryl methyl sites for hydroxylation is 2. The van der Waals surface area contributed by atoms with E-state index in [-0.39, 0.29) is 0 Å². The minimum Gasteiger partial charge on any atom is -0.310 e. The predicted molar refractivity (Wildman–Crippen MR) is 87.4 cm³/mol. The van der Waals surface area contributed by atoms with Gasteiger partial charge in [-0.1, -0.05) is 47.5 Å². The number of nitrogens with one attached hydrogen (secondary N) is 1. The van der Waals surface area contributed by atoms with Gasteiger partial charge in [-0.15, -0.1) is 0 Å². The second-order valence-electron chi connectivity index (χ2n) is 5.55. The van der Waals surface area contributed by atoms with Crippen LogP contribution in [0.2, 0.25) is 5.02 Å². The molecule has 1 N–H and O–H groups in total. The van der Waals surface area contributed by atoms with E-state index in [2.05, 4.69) is 50.4 Å². The molecule has 0 heterocycles. The first-order valence-electron chi connectivity index (χ1n) is 7.08. The zero-order chi connectivity index (χ0) is 14.5. The molecule has 1 unspecified atom stereocenters. The number of rotatable bonds is 5. The quantitative estimate of drug-likeness (QED) is 0.842. The van der Waals surface area contributed by atoms with E-state index < -0.39 is 0 Å². The maximum Gasteiger partial charge on any atom is 0.0408 e. The molecule has 2 aromatic rings. The van der Waals surface area contributed by atoms with Gasteiger partial charge >= 0.3 is 0 Å². The van der Waals surface area contributed by atoms with Crippen LogP contribution < -0.4 is 5.32 Å². The Morgan fingerprint density at radius 3 is 2.65 bits per heavy atom. The van der Waals surface area contributed by atoms with Gasteiger partial charge in [-0.3, -0.25) is 0 Å². The highest BCUT2D eigenvalue weighted by atomic mass is 35.5. The van der Waals surface area contributed by atoms with E-state index >= 15 is 0 Å². The number of benzene rings is 2. The Bertz CT molecular complexity index is 577. The molecule has 0 spiro atoms. The highest BCUT2D eigenvalue weighted by Gasteiger charge is 2.05. The van der Waals surface area contributed by atoms with Crippen LogP contribution in [0.5, 0.6) is 0 Å². The zero-order valence-electron chi connectivity index (χ0n) is 12.4. The Labute approximate surface area is 127 Å². The van der Waals surface area contributed by atoms with Gasteiger partial charge in [-0.2, -0.15) is 0 Å². The van der Waals surface area contributed by atoms with Gasteiger partial charge in [0.1, 0.15) is 0 Å². The molecule has 106 valence electrons. The summed E-state index contributed by atoms with van der Waals surface area (Å²) in [7, 11) is 0. The lowest BCUT2D eigenvalue weighted by Crippen LogP contribution is -2.27. The average molecular weight is 288 g/mol. The Hall–Kier alpha value is -1.31. The molecule has 2 heteroatoms. The molecule has 0 radical (unpaired) electrons. The molecule has 0 aliphatic carbocycles. The molecule has 0 aliphatic heterocycles. The van der Waals surface area contributed by atoms with Crippen molar-refractivity contribution in [3.05, 3.63) is 69.7 Å². The summed E-state index contributed by atoms with van der Waals surface area (Å²) in [6.07, 6.45) is 0.991. The molecule has 20 heavy (non-hydrogen) atoms. The van der Waals surface area contributed by atoms with Crippen LogP contribution >= 0.6 is 11.6 Å². The smallest absolute Gasteiger partial charge is 0.0408 e. The second-order valence-corrected chi connectivity index (χ2v) is 5.98. The lowest BCUT2D eigenvalue weighted by atomic mass is 10.0. The summed E-state index contributed by atoms with van der Waals surface area (Å²) >= 11 is 6.02. The van der Waals surface area contributed by atoms with Gasteiger partial charge in [-0.05, 0) is 56.0 Å². The monoisotopic (exact) mass is 287 g/mol. The molecule has 2 aromatic carbocycles. The van der Waals surface area contributed by atoms with Crippen molar-refractivity contribution in [1.29, 1.82) is 0 Å². The third-order valence-electron chi connectivity index (χ3n) is 3.58. The van der Waals surface area contributed by atoms with E-state index in [9.17, 15) is 0 Å². The summed E-state index contributed by atoms with van der Waals surface area (Å²) in [5.74, 6) is 0. The van der Waals surface area contributed by atoms with Gasteiger partial charge in [0.15, 0.2) is 0 Å². The van der Waals surface area contributed by atoms with Crippen molar-refractivity contribution in [2.24, 2.45) is 0 Å². The standard InChI is InChI=1S/C18H22ClN/c1-13-7-8-14(2)17(9-13)12-20-15(3)10-16-5-4-6-18(19)11-16/h4-9,11,15,20H,10,12H2,1-3H3. The summed E-state index contributed by atoms with van der Waals surface area (Å²) in [6, 6.07) is 15.1. The fourth-order valence-corrected chi connectivity index (χ4v) is 2.58. The second kappa shape index (κ2) is 6.92. The van der Waals surface area contributed by atoms with Gasteiger partial charge in [0.05, 0.1) is 0 Å². The van der Waals surface area contributed by atoms with Crippen molar-refractivity contribution >= 4 is 11.6 Å². The van der Waals surface area contributed by atoms with E-state index in [4.69, 9.17) is 11.6 Å². The lowest BCUT2D eigenvalue weighted by molar-refractivity contribution is 0.544. The summed E-state index contributed by atoms with van der Waals surface area (Å²) in [5.41, 5.74) is 5.31. The fraction of sp³-hybridized carbons (Fsp3) is 0.333. The Morgan fingerprint density at radius 1 is 1.10 bits per heavy atom. The zero-order valence-corrected chi connectivity index (χ0v) is 13.2.